The van der Waals surface area contributed by atoms with Crippen LogP contribution in [0.2, 0.25) is 0 Å². The molecule has 0 unspecified atom stereocenters. The summed E-state index contributed by atoms with van der Waals surface area (Å²) in [6.07, 6.45) is -5.84. The van der Waals surface area contributed by atoms with E-state index in [0.717, 1.165) is 0 Å². The summed E-state index contributed by atoms with van der Waals surface area (Å²) < 4.78 is 72.4. The quantitative estimate of drug-likeness (QED) is 0.405. The number of alkyl halides is 5. The average molecular weight is 306 g/mol. The Morgan fingerprint density at radius 2 is 1.60 bits per heavy atom. The van der Waals surface area contributed by atoms with E-state index in [2.05, 4.69) is 20.8 Å². The number of hydrogen-bond acceptors (Lipinski definition) is 5. The van der Waals surface area contributed by atoms with Crippen LogP contribution >= 0.6 is 0 Å². The van der Waals surface area contributed by atoms with Crippen LogP contribution in [0.3, 0.4) is 0 Å². The molecule has 0 aromatic heterocycles. The molecule has 0 aliphatic heterocycles. The maximum Gasteiger partial charge on any atom is 0.456 e. The van der Waals surface area contributed by atoms with E-state index >= 15 is 0 Å². The fourth-order valence-electron chi connectivity index (χ4n) is 0.754. The van der Waals surface area contributed by atoms with Gasteiger partial charge in [-0.1, -0.05) is 6.58 Å². The molecule has 0 fully saturated rings. The van der Waals surface area contributed by atoms with E-state index in [9.17, 15) is 31.5 Å². The lowest BCUT2D eigenvalue weighted by Crippen LogP contribution is -2.41. The molecule has 0 heterocycles. The number of methoxy groups -OCH3 is 1. The Hall–Kier alpha value is -1.71. The second-order valence-corrected chi connectivity index (χ2v) is 3.48. The van der Waals surface area contributed by atoms with Gasteiger partial charge in [-0.25, -0.2) is 9.59 Å². The van der Waals surface area contributed by atoms with Crippen molar-refractivity contribution in [3.05, 3.63) is 12.2 Å². The van der Waals surface area contributed by atoms with Gasteiger partial charge in [-0.15, -0.1) is 0 Å². The van der Waals surface area contributed by atoms with Gasteiger partial charge in [0, 0.05) is 7.11 Å². The van der Waals surface area contributed by atoms with Gasteiger partial charge in [-0.05, 0) is 0 Å². The van der Waals surface area contributed by atoms with Crippen molar-refractivity contribution >= 4 is 11.9 Å². The first-order valence-electron chi connectivity index (χ1n) is 4.95. The molecule has 0 N–H and O–H groups in total. The lowest BCUT2D eigenvalue weighted by atomic mass is 10.3. The number of carbonyl (C=O) groups excluding carboxylic acids is 2. The third kappa shape index (κ3) is 5.95. The fraction of sp³-hybridized carbons (Fsp3) is 0.600. The zero-order valence-electron chi connectivity index (χ0n) is 10.3. The van der Waals surface area contributed by atoms with Crippen molar-refractivity contribution in [3.8, 4) is 0 Å². The molecule has 0 saturated carbocycles. The zero-order chi connectivity index (χ0) is 16.0. The Kier molecular flexibility index (Phi) is 6.56. The number of halogens is 5. The van der Waals surface area contributed by atoms with Crippen LogP contribution in [0.25, 0.3) is 0 Å². The number of rotatable bonds is 7. The third-order valence-electron chi connectivity index (χ3n) is 1.76. The SMILES string of the molecule is C=C(COC)C(=O)OCC(=O)OCC(F)(F)C(F)(F)F. The maximum atomic E-state index is 12.4. The molecule has 0 radical (unpaired) electrons. The Morgan fingerprint density at radius 3 is 2.05 bits per heavy atom. The molecule has 0 aliphatic carbocycles. The van der Waals surface area contributed by atoms with E-state index in [0.29, 0.717) is 0 Å². The second kappa shape index (κ2) is 7.17. The summed E-state index contributed by atoms with van der Waals surface area (Å²) in [6.45, 7) is -0.279. The fourth-order valence-corrected chi connectivity index (χ4v) is 0.754. The van der Waals surface area contributed by atoms with Crippen LogP contribution in [0.4, 0.5) is 22.0 Å². The van der Waals surface area contributed by atoms with Crippen molar-refractivity contribution < 1.29 is 45.8 Å². The number of ether oxygens (including phenoxy) is 3. The van der Waals surface area contributed by atoms with Crippen LogP contribution in [0.15, 0.2) is 12.2 Å². The summed E-state index contributed by atoms with van der Waals surface area (Å²) >= 11 is 0. The maximum absolute atomic E-state index is 12.4. The lowest BCUT2D eigenvalue weighted by molar-refractivity contribution is -0.294. The molecule has 0 aliphatic rings. The summed E-state index contributed by atoms with van der Waals surface area (Å²) in [4.78, 5) is 21.9. The number of hydrogen-bond donors (Lipinski definition) is 0. The predicted molar refractivity (Wildman–Crippen MR) is 53.9 cm³/mol. The molecule has 0 saturated heterocycles. The van der Waals surface area contributed by atoms with E-state index in [1.165, 1.54) is 7.11 Å². The molecule has 0 aromatic carbocycles. The highest BCUT2D eigenvalue weighted by Crippen LogP contribution is 2.35. The van der Waals surface area contributed by atoms with Gasteiger partial charge < -0.3 is 14.2 Å². The van der Waals surface area contributed by atoms with Gasteiger partial charge in [0.25, 0.3) is 0 Å². The summed E-state index contributed by atoms with van der Waals surface area (Å²) in [6, 6.07) is 0. The Morgan fingerprint density at radius 1 is 1.05 bits per heavy atom. The second-order valence-electron chi connectivity index (χ2n) is 3.48. The molecule has 0 bridgehead atoms. The van der Waals surface area contributed by atoms with E-state index < -0.39 is 37.3 Å². The first kappa shape index (κ1) is 18.3. The topological polar surface area (TPSA) is 61.8 Å². The van der Waals surface area contributed by atoms with Crippen molar-refractivity contribution in [1.29, 1.82) is 0 Å². The lowest BCUT2D eigenvalue weighted by Gasteiger charge is -2.19. The molecule has 0 aromatic rings. The third-order valence-corrected chi connectivity index (χ3v) is 1.76. The van der Waals surface area contributed by atoms with E-state index in [1.54, 1.807) is 0 Å². The van der Waals surface area contributed by atoms with Gasteiger partial charge in [0.15, 0.2) is 13.2 Å². The van der Waals surface area contributed by atoms with Crippen molar-refractivity contribution in [1.82, 2.24) is 0 Å². The number of carbonyl (C=O) groups is 2. The molecule has 10 heteroatoms. The molecule has 0 spiro atoms. The van der Waals surface area contributed by atoms with Crippen LogP contribution in [0.1, 0.15) is 0 Å². The van der Waals surface area contributed by atoms with Crippen molar-refractivity contribution in [2.45, 2.75) is 12.1 Å². The summed E-state index contributed by atoms with van der Waals surface area (Å²) in [7, 11) is 1.26. The minimum Gasteiger partial charge on any atom is -0.456 e. The molecular formula is C10H11F5O5. The molecule has 0 rings (SSSR count). The molecule has 116 valence electrons. The van der Waals surface area contributed by atoms with Crippen LogP contribution in [-0.2, 0) is 23.8 Å². The normalized spacial score (nSPS) is 11.9. The summed E-state index contributed by atoms with van der Waals surface area (Å²) in [5.74, 6) is -7.79. The first-order chi connectivity index (χ1) is 9.01. The van der Waals surface area contributed by atoms with E-state index in [-0.39, 0.29) is 12.2 Å². The molecule has 5 nitrogen and oxygen atoms in total. The number of esters is 2. The molecule has 0 atom stereocenters. The molecule has 0 amide bonds. The summed E-state index contributed by atoms with van der Waals surface area (Å²) in [5.41, 5.74) is -0.166. The van der Waals surface area contributed by atoms with Gasteiger partial charge >= 0.3 is 24.0 Å². The summed E-state index contributed by atoms with van der Waals surface area (Å²) in [5, 5.41) is 0. The standard InChI is InChI=1S/C10H11F5O5/c1-6(3-18-2)8(17)19-4-7(16)20-5-9(11,12)10(13,14)15/h1,3-5H2,2H3. The monoisotopic (exact) mass is 306 g/mol. The van der Waals surface area contributed by atoms with E-state index in [4.69, 9.17) is 0 Å². The van der Waals surface area contributed by atoms with E-state index in [1.807, 2.05) is 0 Å². The Labute approximate surface area is 110 Å². The highest BCUT2D eigenvalue weighted by molar-refractivity contribution is 5.89. The molecule has 20 heavy (non-hydrogen) atoms. The largest absolute Gasteiger partial charge is 0.456 e. The minimum absolute atomic E-state index is 0.166. The van der Waals surface area contributed by atoms with Crippen molar-refractivity contribution in [3.63, 3.8) is 0 Å². The van der Waals surface area contributed by atoms with Crippen LogP contribution < -0.4 is 0 Å². The van der Waals surface area contributed by atoms with Crippen molar-refractivity contribution in [2.75, 3.05) is 26.9 Å². The van der Waals surface area contributed by atoms with Gasteiger partial charge in [0.1, 0.15) is 0 Å². The van der Waals surface area contributed by atoms with Gasteiger partial charge in [0.05, 0.1) is 12.2 Å². The Bertz CT molecular complexity index is 377. The predicted octanol–water partition coefficient (Wildman–Crippen LogP) is 1.47. The zero-order valence-corrected chi connectivity index (χ0v) is 10.3. The minimum atomic E-state index is -5.84. The molecular weight excluding hydrogens is 295 g/mol. The van der Waals surface area contributed by atoms with Gasteiger partial charge in [-0.2, -0.15) is 22.0 Å². The average Bonchev–Trinajstić information content (AvgIpc) is 2.32. The van der Waals surface area contributed by atoms with Gasteiger partial charge in [0.2, 0.25) is 0 Å². The highest BCUT2D eigenvalue weighted by Gasteiger charge is 2.58. The highest BCUT2D eigenvalue weighted by atomic mass is 19.4. The van der Waals surface area contributed by atoms with Crippen LogP contribution in [0, 0.1) is 0 Å². The van der Waals surface area contributed by atoms with Crippen LogP contribution in [0.5, 0.6) is 0 Å². The van der Waals surface area contributed by atoms with Gasteiger partial charge in [-0.3, -0.25) is 0 Å². The van der Waals surface area contributed by atoms with Crippen molar-refractivity contribution in [2.24, 2.45) is 0 Å². The van der Waals surface area contributed by atoms with Crippen LogP contribution in [-0.4, -0.2) is 51.0 Å². The first-order valence-corrected chi connectivity index (χ1v) is 4.95. The Balaban J connectivity index is 4.14. The smallest absolute Gasteiger partial charge is 0.456 e.